The van der Waals surface area contributed by atoms with Crippen LogP contribution in [0.4, 0.5) is 0 Å². The molecule has 0 heterocycles. The van der Waals surface area contributed by atoms with Gasteiger partial charge in [-0.2, -0.15) is 0 Å². The fourth-order valence-electron chi connectivity index (χ4n) is 9.55. The Morgan fingerprint density at radius 3 is 1.68 bits per heavy atom. The lowest BCUT2D eigenvalue weighted by atomic mass is 9.80. The maximum atomic E-state index is 2.49. The topological polar surface area (TPSA) is 0 Å². The summed E-state index contributed by atoms with van der Waals surface area (Å²) in [7, 11) is 0. The first-order chi connectivity index (χ1) is 26.1. The van der Waals surface area contributed by atoms with Gasteiger partial charge in [0.15, 0.2) is 0 Å². The van der Waals surface area contributed by atoms with Crippen molar-refractivity contribution in [3.8, 4) is 44.5 Å². The van der Waals surface area contributed by atoms with Crippen LogP contribution in [0.3, 0.4) is 0 Å². The first-order valence-electron chi connectivity index (χ1n) is 18.7. The smallest absolute Gasteiger partial charge is 0.0159 e. The summed E-state index contributed by atoms with van der Waals surface area (Å²) in [5.41, 5.74) is 13.0. The first-order valence-corrected chi connectivity index (χ1v) is 18.7. The standard InChI is InChI=1S/C53H36/c1-53(2)49-25-12-11-21-42(49)43-28-27-36(32-50(43)53)51-44-22-9-10-23-45(44)52(47-30-34-15-4-6-18-39(34)40-19-7-8-20-41(40)47)46-29-26-35(31-48(46)51)38-24-13-16-33-14-3-5-17-37(33)38/h3-32H,1-2H3. The zero-order valence-corrected chi connectivity index (χ0v) is 29.8. The van der Waals surface area contributed by atoms with Crippen LogP contribution in [0.2, 0.25) is 0 Å². The summed E-state index contributed by atoms with van der Waals surface area (Å²) in [5.74, 6) is 0. The number of hydrogen-bond donors (Lipinski definition) is 0. The van der Waals surface area contributed by atoms with E-state index in [4.69, 9.17) is 0 Å². The van der Waals surface area contributed by atoms with Crippen molar-refractivity contribution >= 4 is 53.9 Å². The molecule has 1 aliphatic rings. The fraction of sp³-hybridized carbons (Fsp3) is 0.0566. The summed E-state index contributed by atoms with van der Waals surface area (Å²) in [5, 5.41) is 12.7. The van der Waals surface area contributed by atoms with Gasteiger partial charge in [0.05, 0.1) is 0 Å². The molecule has 0 bridgehead atoms. The van der Waals surface area contributed by atoms with Gasteiger partial charge in [0.2, 0.25) is 0 Å². The van der Waals surface area contributed by atoms with Gasteiger partial charge in [-0.3, -0.25) is 0 Å². The van der Waals surface area contributed by atoms with Crippen LogP contribution in [0.1, 0.15) is 25.0 Å². The van der Waals surface area contributed by atoms with E-state index in [-0.39, 0.29) is 5.41 Å². The van der Waals surface area contributed by atoms with E-state index in [9.17, 15) is 0 Å². The monoisotopic (exact) mass is 672 g/mol. The average Bonchev–Trinajstić information content (AvgIpc) is 3.44. The lowest BCUT2D eigenvalue weighted by Crippen LogP contribution is -2.14. The third-order valence-electron chi connectivity index (χ3n) is 12.0. The lowest BCUT2D eigenvalue weighted by molar-refractivity contribution is 0.660. The van der Waals surface area contributed by atoms with E-state index < -0.39 is 0 Å². The van der Waals surface area contributed by atoms with Gasteiger partial charge in [0, 0.05) is 5.41 Å². The summed E-state index contributed by atoms with van der Waals surface area (Å²) in [6.07, 6.45) is 0. The Morgan fingerprint density at radius 1 is 0.283 bits per heavy atom. The SMILES string of the molecule is CC1(C)c2ccccc2-c2ccc(-c3c4ccccc4c(-c4cc5ccccc5c5ccccc45)c4ccc(-c5cccc6ccccc56)cc34)cc21. The van der Waals surface area contributed by atoms with Crippen LogP contribution in [-0.2, 0) is 5.41 Å². The fourth-order valence-corrected chi connectivity index (χ4v) is 9.55. The van der Waals surface area contributed by atoms with Crippen molar-refractivity contribution in [3.63, 3.8) is 0 Å². The molecule has 11 rings (SSSR count). The van der Waals surface area contributed by atoms with Gasteiger partial charge in [-0.25, -0.2) is 0 Å². The van der Waals surface area contributed by atoms with Gasteiger partial charge in [0.25, 0.3) is 0 Å². The highest BCUT2D eigenvalue weighted by molar-refractivity contribution is 6.26. The molecule has 1 aliphatic carbocycles. The third kappa shape index (κ3) is 4.36. The van der Waals surface area contributed by atoms with Crippen LogP contribution in [0.5, 0.6) is 0 Å². The predicted molar refractivity (Wildman–Crippen MR) is 228 cm³/mol. The van der Waals surface area contributed by atoms with Gasteiger partial charge >= 0.3 is 0 Å². The largest absolute Gasteiger partial charge is 0.0619 e. The Kier molecular flexibility index (Phi) is 6.40. The molecule has 0 aliphatic heterocycles. The van der Waals surface area contributed by atoms with E-state index in [1.807, 2.05) is 0 Å². The van der Waals surface area contributed by atoms with Crippen LogP contribution >= 0.6 is 0 Å². The molecule has 10 aromatic carbocycles. The normalized spacial score (nSPS) is 13.2. The quantitative estimate of drug-likeness (QED) is 0.129. The average molecular weight is 673 g/mol. The molecule has 0 saturated heterocycles. The zero-order valence-electron chi connectivity index (χ0n) is 29.8. The van der Waals surface area contributed by atoms with Crippen LogP contribution < -0.4 is 0 Å². The predicted octanol–water partition coefficient (Wildman–Crippen LogP) is 14.8. The first kappa shape index (κ1) is 30.2. The van der Waals surface area contributed by atoms with Crippen molar-refractivity contribution in [3.05, 3.63) is 193 Å². The second-order valence-electron chi connectivity index (χ2n) is 15.2. The molecule has 0 spiro atoms. The van der Waals surface area contributed by atoms with E-state index in [0.717, 1.165) is 0 Å². The van der Waals surface area contributed by atoms with E-state index >= 15 is 0 Å². The summed E-state index contributed by atoms with van der Waals surface area (Å²) >= 11 is 0. The van der Waals surface area contributed by atoms with Crippen LogP contribution in [0, 0.1) is 0 Å². The summed E-state index contributed by atoms with van der Waals surface area (Å²) in [6.45, 7) is 4.76. The van der Waals surface area contributed by atoms with Gasteiger partial charge in [-0.15, -0.1) is 0 Å². The molecule has 248 valence electrons. The number of fused-ring (bicyclic) bond motifs is 9. The zero-order chi connectivity index (χ0) is 35.3. The van der Waals surface area contributed by atoms with Crippen molar-refractivity contribution < 1.29 is 0 Å². The van der Waals surface area contributed by atoms with Crippen LogP contribution in [0.15, 0.2) is 182 Å². The van der Waals surface area contributed by atoms with Gasteiger partial charge in [0.1, 0.15) is 0 Å². The minimum absolute atomic E-state index is 0.0917. The molecule has 0 unspecified atom stereocenters. The van der Waals surface area contributed by atoms with Crippen molar-refractivity contribution in [2.75, 3.05) is 0 Å². The Labute approximate surface area is 309 Å². The molecule has 0 N–H and O–H groups in total. The number of rotatable bonds is 3. The molecule has 0 atom stereocenters. The molecule has 0 radical (unpaired) electrons. The minimum Gasteiger partial charge on any atom is -0.0619 e. The van der Waals surface area contributed by atoms with Crippen molar-refractivity contribution in [1.82, 2.24) is 0 Å². The third-order valence-corrected chi connectivity index (χ3v) is 12.0. The molecule has 0 amide bonds. The maximum Gasteiger partial charge on any atom is 0.0159 e. The minimum atomic E-state index is -0.0917. The van der Waals surface area contributed by atoms with Gasteiger partial charge in [-0.05, 0) is 128 Å². The van der Waals surface area contributed by atoms with Gasteiger partial charge in [-0.1, -0.05) is 178 Å². The van der Waals surface area contributed by atoms with Gasteiger partial charge < -0.3 is 0 Å². The highest BCUT2D eigenvalue weighted by Gasteiger charge is 2.35. The van der Waals surface area contributed by atoms with Crippen molar-refractivity contribution in [2.45, 2.75) is 19.3 Å². The van der Waals surface area contributed by atoms with Crippen molar-refractivity contribution in [2.24, 2.45) is 0 Å². The highest BCUT2D eigenvalue weighted by Crippen LogP contribution is 2.52. The Balaban J connectivity index is 1.28. The second-order valence-corrected chi connectivity index (χ2v) is 15.2. The van der Waals surface area contributed by atoms with Crippen molar-refractivity contribution in [1.29, 1.82) is 0 Å². The molecule has 0 heteroatoms. The lowest BCUT2D eigenvalue weighted by Gasteiger charge is -2.23. The maximum absolute atomic E-state index is 2.49. The number of benzene rings is 10. The molecule has 0 nitrogen and oxygen atoms in total. The van der Waals surface area contributed by atoms with Crippen LogP contribution in [0.25, 0.3) is 98.4 Å². The Morgan fingerprint density at radius 2 is 0.849 bits per heavy atom. The summed E-state index contributed by atoms with van der Waals surface area (Å²) in [4.78, 5) is 0. The van der Waals surface area contributed by atoms with Crippen LogP contribution in [-0.4, -0.2) is 0 Å². The van der Waals surface area contributed by atoms with E-state index in [0.29, 0.717) is 0 Å². The molecule has 10 aromatic rings. The summed E-state index contributed by atoms with van der Waals surface area (Å²) in [6, 6.07) is 68.1. The second kappa shape index (κ2) is 11.2. The van der Waals surface area contributed by atoms with E-state index in [1.54, 1.807) is 0 Å². The summed E-state index contributed by atoms with van der Waals surface area (Å²) < 4.78 is 0. The molecular formula is C53H36. The molecular weight excluding hydrogens is 637 g/mol. The highest BCUT2D eigenvalue weighted by atomic mass is 14.4. The molecule has 53 heavy (non-hydrogen) atoms. The molecule has 0 aromatic heterocycles. The Bertz CT molecular complexity index is 3130. The van der Waals surface area contributed by atoms with E-state index in [1.165, 1.54) is 109 Å². The molecule has 0 saturated carbocycles. The van der Waals surface area contributed by atoms with E-state index in [2.05, 4.69) is 196 Å². The number of hydrogen-bond acceptors (Lipinski definition) is 0. The Hall–Kier alpha value is -6.50. The molecule has 0 fully saturated rings.